The molecule has 3 rings (SSSR count). The summed E-state index contributed by atoms with van der Waals surface area (Å²) in [7, 11) is 0. The van der Waals surface area contributed by atoms with Crippen LogP contribution in [0.25, 0.3) is 0 Å². The highest BCUT2D eigenvalue weighted by Gasteiger charge is 2.39. The first-order chi connectivity index (χ1) is 12.6. The molecule has 26 heavy (non-hydrogen) atoms. The molecule has 5 heteroatoms. The van der Waals surface area contributed by atoms with E-state index in [0.717, 1.165) is 0 Å². The van der Waals surface area contributed by atoms with Gasteiger partial charge in [0.2, 0.25) is 0 Å². The van der Waals surface area contributed by atoms with E-state index in [1.54, 1.807) is 72.8 Å². The summed E-state index contributed by atoms with van der Waals surface area (Å²) in [5.41, 5.74) is 1.78. The van der Waals surface area contributed by atoms with E-state index < -0.39 is 17.3 Å². The van der Waals surface area contributed by atoms with Crippen molar-refractivity contribution in [1.82, 2.24) is 5.43 Å². The van der Waals surface area contributed by atoms with Crippen LogP contribution in [0.3, 0.4) is 0 Å². The first-order valence-electron chi connectivity index (χ1n) is 8.03. The Hall–Kier alpha value is -3.31. The Bertz CT molecular complexity index is 872. The zero-order chi connectivity index (χ0) is 18.4. The molecule has 0 bridgehead atoms. The Morgan fingerprint density at radius 2 is 1.50 bits per heavy atom. The summed E-state index contributed by atoms with van der Waals surface area (Å²) in [5.74, 6) is -1.10. The number of halogens is 1. The zero-order valence-corrected chi connectivity index (χ0v) is 13.8. The minimum absolute atomic E-state index is 0.398. The van der Waals surface area contributed by atoms with Gasteiger partial charge in [0, 0.05) is 0 Å². The van der Waals surface area contributed by atoms with E-state index >= 15 is 0 Å². The molecule has 0 aliphatic heterocycles. The van der Waals surface area contributed by atoms with Crippen LogP contribution in [-0.2, 0) is 10.4 Å². The molecule has 0 saturated carbocycles. The summed E-state index contributed by atoms with van der Waals surface area (Å²) < 4.78 is 13.2. The second kappa shape index (κ2) is 7.72. The third-order valence-corrected chi connectivity index (χ3v) is 3.94. The van der Waals surface area contributed by atoms with Gasteiger partial charge in [0.05, 0.1) is 6.21 Å². The van der Waals surface area contributed by atoms with Crippen LogP contribution in [0.15, 0.2) is 90.0 Å². The highest BCUT2D eigenvalue weighted by molar-refractivity contribution is 5.91. The molecule has 0 spiro atoms. The van der Waals surface area contributed by atoms with Gasteiger partial charge < -0.3 is 5.11 Å². The molecule has 3 aromatic carbocycles. The van der Waals surface area contributed by atoms with Gasteiger partial charge in [-0.15, -0.1) is 0 Å². The third kappa shape index (κ3) is 3.68. The Morgan fingerprint density at radius 1 is 0.923 bits per heavy atom. The molecule has 0 aliphatic rings. The molecule has 0 aromatic heterocycles. The fraction of sp³-hybridized carbons (Fsp3) is 0.0476. The van der Waals surface area contributed by atoms with Crippen molar-refractivity contribution in [2.24, 2.45) is 5.10 Å². The van der Waals surface area contributed by atoms with Crippen molar-refractivity contribution < 1.29 is 14.3 Å². The molecule has 130 valence electrons. The number of aliphatic hydroxyl groups is 1. The molecule has 0 fully saturated rings. The van der Waals surface area contributed by atoms with Crippen LogP contribution in [0.4, 0.5) is 4.39 Å². The highest BCUT2D eigenvalue weighted by Crippen LogP contribution is 2.29. The van der Waals surface area contributed by atoms with Crippen LogP contribution in [0, 0.1) is 5.82 Å². The van der Waals surface area contributed by atoms with Crippen molar-refractivity contribution in [3.8, 4) is 0 Å². The van der Waals surface area contributed by atoms with Gasteiger partial charge in [-0.25, -0.2) is 9.82 Å². The molecular weight excluding hydrogens is 331 g/mol. The summed E-state index contributed by atoms with van der Waals surface area (Å²) in [6.45, 7) is 0. The largest absolute Gasteiger partial charge is 0.372 e. The van der Waals surface area contributed by atoms with Crippen molar-refractivity contribution in [2.45, 2.75) is 5.60 Å². The number of benzene rings is 3. The first-order valence-corrected chi connectivity index (χ1v) is 8.03. The number of amides is 1. The van der Waals surface area contributed by atoms with Crippen LogP contribution in [-0.4, -0.2) is 17.2 Å². The number of hydrogen-bond donors (Lipinski definition) is 2. The maximum Gasteiger partial charge on any atom is 0.281 e. The number of nitrogens with zero attached hydrogens (tertiary/aromatic N) is 1. The summed E-state index contributed by atoms with van der Waals surface area (Å²) in [6, 6.07) is 23.1. The third-order valence-electron chi connectivity index (χ3n) is 3.94. The minimum atomic E-state index is -1.90. The fourth-order valence-corrected chi connectivity index (χ4v) is 2.62. The molecule has 0 aliphatic carbocycles. The van der Waals surface area contributed by atoms with Gasteiger partial charge in [-0.2, -0.15) is 5.10 Å². The molecule has 2 N–H and O–H groups in total. The van der Waals surface area contributed by atoms with Gasteiger partial charge in [0.25, 0.3) is 5.91 Å². The van der Waals surface area contributed by atoms with Crippen molar-refractivity contribution in [3.63, 3.8) is 0 Å². The SMILES string of the molecule is O=C(N/N=C\c1cccc(F)c1)C(O)(c1ccccc1)c1ccccc1. The molecule has 0 radical (unpaired) electrons. The number of carbonyl (C=O) groups is 1. The lowest BCUT2D eigenvalue weighted by molar-refractivity contribution is -0.136. The second-order valence-electron chi connectivity index (χ2n) is 5.70. The summed E-state index contributed by atoms with van der Waals surface area (Å²) in [6.07, 6.45) is 1.32. The van der Waals surface area contributed by atoms with E-state index in [-0.39, 0.29) is 0 Å². The van der Waals surface area contributed by atoms with E-state index in [1.165, 1.54) is 18.3 Å². The standard InChI is InChI=1S/C21H17FN2O2/c22-19-13-7-8-16(14-19)15-23-24-20(25)21(26,17-9-3-1-4-10-17)18-11-5-2-6-12-18/h1-15,26H,(H,24,25)/b23-15-. The quantitative estimate of drug-likeness (QED) is 0.549. The van der Waals surface area contributed by atoms with E-state index in [1.807, 2.05) is 0 Å². The van der Waals surface area contributed by atoms with E-state index in [9.17, 15) is 14.3 Å². The first kappa shape index (κ1) is 17.5. The predicted octanol–water partition coefficient (Wildman–Crippen LogP) is 3.21. The van der Waals surface area contributed by atoms with Crippen molar-refractivity contribution in [2.75, 3.05) is 0 Å². The predicted molar refractivity (Wildman–Crippen MR) is 98.0 cm³/mol. The number of rotatable bonds is 5. The zero-order valence-electron chi connectivity index (χ0n) is 13.8. The van der Waals surface area contributed by atoms with Crippen molar-refractivity contribution >= 4 is 12.1 Å². The molecule has 0 saturated heterocycles. The van der Waals surface area contributed by atoms with E-state index in [4.69, 9.17) is 0 Å². The van der Waals surface area contributed by atoms with Crippen LogP contribution in [0.2, 0.25) is 0 Å². The summed E-state index contributed by atoms with van der Waals surface area (Å²) in [5, 5.41) is 15.1. The maximum absolute atomic E-state index is 13.2. The van der Waals surface area contributed by atoms with Gasteiger partial charge in [-0.1, -0.05) is 72.8 Å². The second-order valence-corrected chi connectivity index (χ2v) is 5.70. The highest BCUT2D eigenvalue weighted by atomic mass is 19.1. The Labute approximate surface area is 150 Å². The Balaban J connectivity index is 1.89. The number of hydrogen-bond acceptors (Lipinski definition) is 3. The average molecular weight is 348 g/mol. The fourth-order valence-electron chi connectivity index (χ4n) is 2.62. The van der Waals surface area contributed by atoms with E-state index in [2.05, 4.69) is 10.5 Å². The number of carbonyl (C=O) groups excluding carboxylic acids is 1. The normalized spacial score (nSPS) is 11.5. The molecule has 0 heterocycles. The monoisotopic (exact) mass is 348 g/mol. The van der Waals surface area contributed by atoms with Crippen molar-refractivity contribution in [3.05, 3.63) is 107 Å². The van der Waals surface area contributed by atoms with Gasteiger partial charge >= 0.3 is 0 Å². The topological polar surface area (TPSA) is 61.7 Å². The maximum atomic E-state index is 13.2. The van der Waals surface area contributed by atoms with Crippen LogP contribution < -0.4 is 5.43 Å². The Kier molecular flexibility index (Phi) is 5.20. The Morgan fingerprint density at radius 3 is 2.04 bits per heavy atom. The van der Waals surface area contributed by atoms with E-state index in [0.29, 0.717) is 16.7 Å². The smallest absolute Gasteiger partial charge is 0.281 e. The molecule has 1 amide bonds. The minimum Gasteiger partial charge on any atom is -0.372 e. The number of nitrogens with one attached hydrogen (secondary N) is 1. The molecule has 3 aromatic rings. The summed E-state index contributed by atoms with van der Waals surface area (Å²) in [4.78, 5) is 12.8. The molecule has 4 nitrogen and oxygen atoms in total. The lowest BCUT2D eigenvalue weighted by Crippen LogP contribution is -2.43. The van der Waals surface area contributed by atoms with Gasteiger partial charge in [-0.05, 0) is 28.8 Å². The summed E-state index contributed by atoms with van der Waals surface area (Å²) >= 11 is 0. The lowest BCUT2D eigenvalue weighted by Gasteiger charge is -2.27. The number of hydrazone groups is 1. The van der Waals surface area contributed by atoms with Crippen molar-refractivity contribution in [1.29, 1.82) is 0 Å². The lowest BCUT2D eigenvalue weighted by atomic mass is 9.85. The van der Waals surface area contributed by atoms with Gasteiger partial charge in [-0.3, -0.25) is 4.79 Å². The van der Waals surface area contributed by atoms with Crippen LogP contribution in [0.5, 0.6) is 0 Å². The molecular formula is C21H17FN2O2. The van der Waals surface area contributed by atoms with Crippen LogP contribution in [0.1, 0.15) is 16.7 Å². The molecule has 0 unspecified atom stereocenters. The van der Waals surface area contributed by atoms with Gasteiger partial charge in [0.15, 0.2) is 5.60 Å². The molecule has 0 atom stereocenters. The van der Waals surface area contributed by atoms with Gasteiger partial charge in [0.1, 0.15) is 5.82 Å². The van der Waals surface area contributed by atoms with Crippen LogP contribution >= 0.6 is 0 Å². The average Bonchev–Trinajstić information content (AvgIpc) is 2.68.